The maximum atomic E-state index is 12.5. The van der Waals surface area contributed by atoms with Crippen molar-refractivity contribution in [3.63, 3.8) is 0 Å². The lowest BCUT2D eigenvalue weighted by molar-refractivity contribution is 0.0367. The van der Waals surface area contributed by atoms with Crippen molar-refractivity contribution >= 4 is 5.91 Å². The highest BCUT2D eigenvalue weighted by molar-refractivity contribution is 5.93. The summed E-state index contributed by atoms with van der Waals surface area (Å²) in [5, 5.41) is 4.10. The Hall–Kier alpha value is -2.14. The van der Waals surface area contributed by atoms with E-state index in [0.29, 0.717) is 30.1 Å². The molecule has 0 bridgehead atoms. The molecule has 2 heterocycles. The number of aromatic nitrogens is 2. The Balaban J connectivity index is 1.29. The molecule has 2 fully saturated rings. The van der Waals surface area contributed by atoms with Crippen molar-refractivity contribution in [2.75, 3.05) is 13.1 Å². The third kappa shape index (κ3) is 3.08. The third-order valence-electron chi connectivity index (χ3n) is 5.28. The fraction of sp³-hybridized carbons (Fsp3) is 0.474. The molecule has 1 saturated heterocycles. The van der Waals surface area contributed by atoms with Crippen LogP contribution in [0.1, 0.15) is 28.8 Å². The highest BCUT2D eigenvalue weighted by Gasteiger charge is 2.43. The lowest BCUT2D eigenvalue weighted by Gasteiger charge is -2.19. The summed E-state index contributed by atoms with van der Waals surface area (Å²) in [6.07, 6.45) is 5.91. The van der Waals surface area contributed by atoms with Crippen molar-refractivity contribution in [1.82, 2.24) is 14.7 Å². The van der Waals surface area contributed by atoms with Gasteiger partial charge in [0.15, 0.2) is 0 Å². The predicted molar refractivity (Wildman–Crippen MR) is 90.3 cm³/mol. The maximum Gasteiger partial charge on any atom is 0.257 e. The molecule has 24 heavy (non-hydrogen) atoms. The first-order valence-corrected chi connectivity index (χ1v) is 8.62. The summed E-state index contributed by atoms with van der Waals surface area (Å²) in [6, 6.07) is 10.3. The van der Waals surface area contributed by atoms with Crippen molar-refractivity contribution < 1.29 is 9.53 Å². The summed E-state index contributed by atoms with van der Waals surface area (Å²) >= 11 is 0. The van der Waals surface area contributed by atoms with Crippen molar-refractivity contribution in [1.29, 1.82) is 0 Å². The molecule has 0 N–H and O–H groups in total. The molecule has 0 radical (unpaired) electrons. The van der Waals surface area contributed by atoms with Crippen molar-refractivity contribution in [3.8, 4) is 0 Å². The zero-order chi connectivity index (χ0) is 16.5. The zero-order valence-electron chi connectivity index (χ0n) is 14.0. The Kier molecular flexibility index (Phi) is 4.10. The fourth-order valence-electron chi connectivity index (χ4n) is 4.05. The molecule has 5 nitrogen and oxygen atoms in total. The van der Waals surface area contributed by atoms with Gasteiger partial charge in [0.05, 0.1) is 24.5 Å². The second kappa shape index (κ2) is 6.40. The fourth-order valence-corrected chi connectivity index (χ4v) is 4.05. The average molecular weight is 325 g/mol. The highest BCUT2D eigenvalue weighted by atomic mass is 16.5. The monoisotopic (exact) mass is 325 g/mol. The Morgan fingerprint density at radius 2 is 1.92 bits per heavy atom. The van der Waals surface area contributed by atoms with Crippen molar-refractivity contribution in [2.24, 2.45) is 18.9 Å². The van der Waals surface area contributed by atoms with E-state index < -0.39 is 0 Å². The van der Waals surface area contributed by atoms with Gasteiger partial charge in [-0.2, -0.15) is 5.10 Å². The summed E-state index contributed by atoms with van der Waals surface area (Å²) in [4.78, 5) is 14.5. The van der Waals surface area contributed by atoms with E-state index in [0.717, 1.165) is 25.9 Å². The van der Waals surface area contributed by atoms with E-state index in [4.69, 9.17) is 4.74 Å². The second-order valence-electron chi connectivity index (χ2n) is 7.02. The molecule has 1 saturated carbocycles. The van der Waals surface area contributed by atoms with Gasteiger partial charge in [-0.1, -0.05) is 30.3 Å². The van der Waals surface area contributed by atoms with Gasteiger partial charge in [0.1, 0.15) is 0 Å². The molecule has 1 amide bonds. The van der Waals surface area contributed by atoms with Crippen molar-refractivity contribution in [3.05, 3.63) is 53.9 Å². The number of aryl methyl sites for hydroxylation is 1. The highest BCUT2D eigenvalue weighted by Crippen LogP contribution is 2.40. The number of fused-ring (bicyclic) bond motifs is 1. The minimum Gasteiger partial charge on any atom is -0.374 e. The van der Waals surface area contributed by atoms with Crippen LogP contribution in [0, 0.1) is 11.8 Å². The van der Waals surface area contributed by atoms with Crippen LogP contribution in [-0.4, -0.2) is 39.8 Å². The van der Waals surface area contributed by atoms with Gasteiger partial charge in [-0.05, 0) is 30.2 Å². The van der Waals surface area contributed by atoms with Gasteiger partial charge in [0.2, 0.25) is 0 Å². The number of rotatable bonds is 4. The van der Waals surface area contributed by atoms with Crippen LogP contribution >= 0.6 is 0 Å². The Morgan fingerprint density at radius 1 is 1.21 bits per heavy atom. The number of hydrogen-bond acceptors (Lipinski definition) is 3. The molecule has 126 valence electrons. The molecule has 5 heteroatoms. The number of amides is 1. The van der Waals surface area contributed by atoms with Crippen LogP contribution in [0.15, 0.2) is 42.7 Å². The molecule has 1 aromatic heterocycles. The minimum absolute atomic E-state index is 0.110. The number of carbonyl (C=O) groups is 1. The molecule has 1 unspecified atom stereocenters. The Morgan fingerprint density at radius 3 is 2.54 bits per heavy atom. The number of hydrogen-bond donors (Lipinski definition) is 0. The summed E-state index contributed by atoms with van der Waals surface area (Å²) in [5.74, 6) is 1.26. The average Bonchev–Trinajstić information content (AvgIpc) is 3.27. The normalized spacial score (nSPS) is 25.9. The summed E-state index contributed by atoms with van der Waals surface area (Å²) in [7, 11) is 1.84. The van der Waals surface area contributed by atoms with Gasteiger partial charge < -0.3 is 9.64 Å². The quantitative estimate of drug-likeness (QED) is 0.868. The van der Waals surface area contributed by atoms with Crippen LogP contribution in [0.3, 0.4) is 0 Å². The van der Waals surface area contributed by atoms with E-state index >= 15 is 0 Å². The Labute approximate surface area is 142 Å². The molecule has 3 atom stereocenters. The van der Waals surface area contributed by atoms with Crippen LogP contribution in [0.5, 0.6) is 0 Å². The summed E-state index contributed by atoms with van der Waals surface area (Å²) in [6.45, 7) is 2.39. The molecule has 2 aliphatic rings. The molecule has 4 rings (SSSR count). The van der Waals surface area contributed by atoms with Crippen LogP contribution < -0.4 is 0 Å². The Bertz CT molecular complexity index is 698. The molecule has 0 spiro atoms. The standard InChI is InChI=1S/C19H23N3O2/c1-21-10-17(9-20-21)19(23)22-11-15-7-18(8-16(15)12-22)24-13-14-5-3-2-4-6-14/h2-6,9-10,15-16,18H,7-8,11-13H2,1H3/t15-,16+,18?. The van der Waals surface area contributed by atoms with E-state index in [1.807, 2.05) is 30.1 Å². The topological polar surface area (TPSA) is 47.4 Å². The first-order valence-electron chi connectivity index (χ1n) is 8.62. The van der Waals surface area contributed by atoms with Crippen LogP contribution in [-0.2, 0) is 18.4 Å². The molecule has 1 aliphatic heterocycles. The first-order chi connectivity index (χ1) is 11.7. The van der Waals surface area contributed by atoms with Gasteiger partial charge in [0, 0.05) is 26.3 Å². The van der Waals surface area contributed by atoms with Crippen LogP contribution in [0.2, 0.25) is 0 Å². The number of nitrogens with zero attached hydrogens (tertiary/aromatic N) is 3. The first kappa shape index (κ1) is 15.4. The molecular weight excluding hydrogens is 302 g/mol. The third-order valence-corrected chi connectivity index (χ3v) is 5.28. The maximum absolute atomic E-state index is 12.5. The van der Waals surface area contributed by atoms with Crippen LogP contribution in [0.4, 0.5) is 0 Å². The number of likely N-dealkylation sites (tertiary alicyclic amines) is 1. The lowest BCUT2D eigenvalue weighted by Crippen LogP contribution is -2.30. The lowest BCUT2D eigenvalue weighted by atomic mass is 10.0. The predicted octanol–water partition coefficient (Wildman–Crippen LogP) is 2.49. The SMILES string of the molecule is Cn1cc(C(=O)N2C[C@H]3CC(OCc4ccccc4)C[C@H]3C2)cn1. The minimum atomic E-state index is 0.110. The number of benzene rings is 1. The van der Waals surface area contributed by atoms with E-state index in [1.54, 1.807) is 17.1 Å². The summed E-state index contributed by atoms with van der Waals surface area (Å²) < 4.78 is 7.77. The summed E-state index contributed by atoms with van der Waals surface area (Å²) in [5.41, 5.74) is 1.91. The molecule has 1 aliphatic carbocycles. The van der Waals surface area contributed by atoms with Gasteiger partial charge in [0.25, 0.3) is 5.91 Å². The molecule has 2 aromatic rings. The number of ether oxygens (including phenoxy) is 1. The largest absolute Gasteiger partial charge is 0.374 e. The van der Waals surface area contributed by atoms with Gasteiger partial charge in [-0.3, -0.25) is 9.48 Å². The zero-order valence-corrected chi connectivity index (χ0v) is 14.0. The molecule has 1 aromatic carbocycles. The molecular formula is C19H23N3O2. The van der Waals surface area contributed by atoms with Crippen molar-refractivity contribution in [2.45, 2.75) is 25.6 Å². The van der Waals surface area contributed by atoms with E-state index in [-0.39, 0.29) is 5.91 Å². The van der Waals surface area contributed by atoms with E-state index in [1.165, 1.54) is 5.56 Å². The second-order valence-corrected chi connectivity index (χ2v) is 7.02. The van der Waals surface area contributed by atoms with Gasteiger partial charge >= 0.3 is 0 Å². The van der Waals surface area contributed by atoms with E-state index in [9.17, 15) is 4.79 Å². The smallest absolute Gasteiger partial charge is 0.257 e. The van der Waals surface area contributed by atoms with E-state index in [2.05, 4.69) is 17.2 Å². The van der Waals surface area contributed by atoms with Gasteiger partial charge in [-0.25, -0.2) is 0 Å². The number of carbonyl (C=O) groups excluding carboxylic acids is 1. The van der Waals surface area contributed by atoms with Gasteiger partial charge in [-0.15, -0.1) is 0 Å². The van der Waals surface area contributed by atoms with Crippen LogP contribution in [0.25, 0.3) is 0 Å².